The molecule has 16 heavy (non-hydrogen) atoms. The topological polar surface area (TPSA) is 37.5 Å². The molecule has 2 aromatic rings. The molecule has 2 aromatic heterocycles. The van der Waals surface area contributed by atoms with E-state index in [0.717, 1.165) is 6.07 Å². The number of hydrogen-bond acceptors (Lipinski definition) is 2. The third-order valence-electron chi connectivity index (χ3n) is 2.12. The minimum Gasteiger partial charge on any atom is -0.392 e. The summed E-state index contributed by atoms with van der Waals surface area (Å²) in [6.45, 7) is -0.316. The average Bonchev–Trinajstić information content (AvgIpc) is 2.63. The van der Waals surface area contributed by atoms with E-state index < -0.39 is 11.9 Å². The SMILES string of the molecule is OCc1ccc(I)n2nc(C(F)(F)F)cc12. The van der Waals surface area contributed by atoms with Gasteiger partial charge in [0.15, 0.2) is 5.69 Å². The Morgan fingerprint density at radius 2 is 2.06 bits per heavy atom. The number of pyridine rings is 1. The first kappa shape index (κ1) is 11.6. The fourth-order valence-corrected chi connectivity index (χ4v) is 1.92. The number of nitrogens with zero attached hydrogens (tertiary/aromatic N) is 2. The van der Waals surface area contributed by atoms with Gasteiger partial charge in [-0.05, 0) is 34.7 Å². The summed E-state index contributed by atoms with van der Waals surface area (Å²) in [7, 11) is 0. The minimum absolute atomic E-state index is 0.279. The number of aromatic nitrogens is 2. The van der Waals surface area contributed by atoms with Crippen molar-refractivity contribution in [2.75, 3.05) is 0 Å². The summed E-state index contributed by atoms with van der Waals surface area (Å²) < 4.78 is 39.1. The fraction of sp³-hybridized carbons (Fsp3) is 0.222. The summed E-state index contributed by atoms with van der Waals surface area (Å²) >= 11 is 1.88. The molecule has 7 heteroatoms. The Bertz CT molecular complexity index is 535. The number of halogens is 4. The molecular formula is C9H6F3IN2O. The third kappa shape index (κ3) is 1.88. The fourth-order valence-electron chi connectivity index (χ4n) is 1.37. The van der Waals surface area contributed by atoms with Gasteiger partial charge in [0.25, 0.3) is 0 Å². The van der Waals surface area contributed by atoms with Crippen LogP contribution in [0.15, 0.2) is 18.2 Å². The molecule has 0 unspecified atom stereocenters. The van der Waals surface area contributed by atoms with E-state index in [9.17, 15) is 13.2 Å². The molecule has 0 aromatic carbocycles. The van der Waals surface area contributed by atoms with Crippen LogP contribution in [0, 0.1) is 3.70 Å². The molecule has 0 amide bonds. The maximum absolute atomic E-state index is 12.5. The number of aliphatic hydroxyl groups is 1. The Balaban J connectivity index is 2.73. The molecule has 0 radical (unpaired) electrons. The van der Waals surface area contributed by atoms with Crippen LogP contribution < -0.4 is 0 Å². The molecule has 86 valence electrons. The van der Waals surface area contributed by atoms with E-state index in [4.69, 9.17) is 5.11 Å². The number of rotatable bonds is 1. The van der Waals surface area contributed by atoms with Gasteiger partial charge in [-0.1, -0.05) is 6.07 Å². The molecule has 1 N–H and O–H groups in total. The highest BCUT2D eigenvalue weighted by Gasteiger charge is 2.34. The van der Waals surface area contributed by atoms with E-state index in [1.807, 2.05) is 22.6 Å². The van der Waals surface area contributed by atoms with Gasteiger partial charge in [0, 0.05) is 5.56 Å². The molecule has 0 atom stereocenters. The van der Waals surface area contributed by atoms with E-state index in [0.29, 0.717) is 9.26 Å². The summed E-state index contributed by atoms with van der Waals surface area (Å²) in [6, 6.07) is 4.12. The van der Waals surface area contributed by atoms with Crippen molar-refractivity contribution >= 4 is 28.1 Å². The molecule has 2 rings (SSSR count). The zero-order valence-electron chi connectivity index (χ0n) is 7.79. The number of hydrogen-bond donors (Lipinski definition) is 1. The molecule has 0 aliphatic rings. The van der Waals surface area contributed by atoms with Crippen molar-refractivity contribution in [1.29, 1.82) is 0 Å². The standard InChI is InChI=1S/C9H6F3IN2O/c10-9(11,12)7-3-6-5(4-16)1-2-8(13)15(6)14-7/h1-3,16H,4H2. The van der Waals surface area contributed by atoms with Crippen molar-refractivity contribution in [2.45, 2.75) is 12.8 Å². The summed E-state index contributed by atoms with van der Waals surface area (Å²) in [5, 5.41) is 12.5. The van der Waals surface area contributed by atoms with Gasteiger partial charge in [-0.2, -0.15) is 18.3 Å². The Labute approximate surface area is 102 Å². The largest absolute Gasteiger partial charge is 0.435 e. The smallest absolute Gasteiger partial charge is 0.392 e. The molecule has 0 saturated heterocycles. The highest BCUT2D eigenvalue weighted by atomic mass is 127. The molecule has 0 spiro atoms. The van der Waals surface area contributed by atoms with Crippen molar-refractivity contribution in [3.05, 3.63) is 33.2 Å². The van der Waals surface area contributed by atoms with Gasteiger partial charge >= 0.3 is 6.18 Å². The average molecular weight is 342 g/mol. The molecule has 3 nitrogen and oxygen atoms in total. The van der Waals surface area contributed by atoms with Crippen LogP contribution in [0.5, 0.6) is 0 Å². The quantitative estimate of drug-likeness (QED) is 0.639. The lowest BCUT2D eigenvalue weighted by Gasteiger charge is -2.01. The minimum atomic E-state index is -4.47. The number of fused-ring (bicyclic) bond motifs is 1. The zero-order chi connectivity index (χ0) is 11.9. The van der Waals surface area contributed by atoms with Gasteiger partial charge in [0.1, 0.15) is 3.70 Å². The van der Waals surface area contributed by atoms with Crippen LogP contribution in [0.25, 0.3) is 5.52 Å². The molecule has 0 aliphatic carbocycles. The van der Waals surface area contributed by atoms with Gasteiger partial charge < -0.3 is 5.11 Å². The van der Waals surface area contributed by atoms with Gasteiger partial charge in [-0.15, -0.1) is 0 Å². The number of alkyl halides is 3. The van der Waals surface area contributed by atoms with Crippen LogP contribution in [0.2, 0.25) is 0 Å². The second-order valence-corrected chi connectivity index (χ2v) is 4.27. The van der Waals surface area contributed by atoms with Crippen molar-refractivity contribution in [3.63, 3.8) is 0 Å². The first-order chi connectivity index (χ1) is 7.43. The zero-order valence-corrected chi connectivity index (χ0v) is 9.95. The first-order valence-electron chi connectivity index (χ1n) is 4.28. The van der Waals surface area contributed by atoms with Crippen LogP contribution >= 0.6 is 22.6 Å². The van der Waals surface area contributed by atoms with Crippen LogP contribution in [0.3, 0.4) is 0 Å². The summed E-state index contributed by atoms with van der Waals surface area (Å²) in [6.07, 6.45) is -4.47. The Kier molecular flexibility index (Phi) is 2.82. The van der Waals surface area contributed by atoms with Crippen LogP contribution in [0.1, 0.15) is 11.3 Å². The lowest BCUT2D eigenvalue weighted by Crippen LogP contribution is -2.06. The monoisotopic (exact) mass is 342 g/mol. The van der Waals surface area contributed by atoms with E-state index >= 15 is 0 Å². The second kappa shape index (κ2) is 3.88. The summed E-state index contributed by atoms with van der Waals surface area (Å²) in [5.41, 5.74) is -0.253. The van der Waals surface area contributed by atoms with E-state index in [1.165, 1.54) is 4.52 Å². The normalized spacial score (nSPS) is 12.3. The van der Waals surface area contributed by atoms with Crippen molar-refractivity contribution in [1.82, 2.24) is 9.61 Å². The highest BCUT2D eigenvalue weighted by Crippen LogP contribution is 2.30. The highest BCUT2D eigenvalue weighted by molar-refractivity contribution is 14.1. The van der Waals surface area contributed by atoms with Crippen LogP contribution in [0.4, 0.5) is 13.2 Å². The van der Waals surface area contributed by atoms with Gasteiger partial charge in [0.2, 0.25) is 0 Å². The predicted octanol–water partition coefficient (Wildman–Crippen LogP) is 2.45. The maximum Gasteiger partial charge on any atom is 0.435 e. The van der Waals surface area contributed by atoms with Crippen LogP contribution in [-0.4, -0.2) is 14.7 Å². The Hall–Kier alpha value is -0.830. The van der Waals surface area contributed by atoms with Crippen molar-refractivity contribution < 1.29 is 18.3 Å². The first-order valence-corrected chi connectivity index (χ1v) is 5.36. The summed E-state index contributed by atoms with van der Waals surface area (Å²) in [5.74, 6) is 0. The molecule has 0 fully saturated rings. The molecule has 0 aliphatic heterocycles. The number of aliphatic hydroxyl groups excluding tert-OH is 1. The van der Waals surface area contributed by atoms with Gasteiger partial charge in [-0.25, -0.2) is 4.52 Å². The predicted molar refractivity (Wildman–Crippen MR) is 58.8 cm³/mol. The van der Waals surface area contributed by atoms with Gasteiger partial charge in [0.05, 0.1) is 12.1 Å². The van der Waals surface area contributed by atoms with Crippen LogP contribution in [-0.2, 0) is 12.8 Å². The summed E-state index contributed by atoms with van der Waals surface area (Å²) in [4.78, 5) is 0. The van der Waals surface area contributed by atoms with Crippen molar-refractivity contribution in [2.24, 2.45) is 0 Å². The van der Waals surface area contributed by atoms with Crippen molar-refractivity contribution in [3.8, 4) is 0 Å². The van der Waals surface area contributed by atoms with E-state index in [-0.39, 0.29) is 12.1 Å². The lowest BCUT2D eigenvalue weighted by molar-refractivity contribution is -0.141. The lowest BCUT2D eigenvalue weighted by atomic mass is 10.2. The maximum atomic E-state index is 12.5. The second-order valence-electron chi connectivity index (χ2n) is 3.16. The Morgan fingerprint density at radius 1 is 1.38 bits per heavy atom. The van der Waals surface area contributed by atoms with Gasteiger partial charge in [-0.3, -0.25) is 0 Å². The molecule has 0 bridgehead atoms. The third-order valence-corrected chi connectivity index (χ3v) is 2.94. The van der Waals surface area contributed by atoms with E-state index in [2.05, 4.69) is 5.10 Å². The molecule has 0 saturated carbocycles. The molecule has 2 heterocycles. The molecular weight excluding hydrogens is 336 g/mol. The van der Waals surface area contributed by atoms with E-state index in [1.54, 1.807) is 12.1 Å². The Morgan fingerprint density at radius 3 is 2.62 bits per heavy atom.